The van der Waals surface area contributed by atoms with Crippen LogP contribution in [0.1, 0.15) is 22.5 Å². The fraction of sp³-hybridized carbons (Fsp3) is 0.200. The number of hydrogen-bond donors (Lipinski definition) is 0. The molecule has 0 unspecified atom stereocenters. The SMILES string of the molecule is C=CCN1C(=O)S/C(=C/c2cc(C)n(-c3ccc(Br)c(C)c3)c2C)C1=O. The van der Waals surface area contributed by atoms with Crippen LogP contribution in [0.2, 0.25) is 0 Å². The van der Waals surface area contributed by atoms with Crippen molar-refractivity contribution in [2.24, 2.45) is 0 Å². The van der Waals surface area contributed by atoms with Crippen LogP contribution in [0.5, 0.6) is 0 Å². The summed E-state index contributed by atoms with van der Waals surface area (Å²) in [6, 6.07) is 8.24. The van der Waals surface area contributed by atoms with Gasteiger partial charge in [0.05, 0.1) is 4.91 Å². The maximum Gasteiger partial charge on any atom is 0.293 e. The molecule has 134 valence electrons. The molecule has 1 saturated heterocycles. The minimum absolute atomic E-state index is 0.235. The molecular weight excluding hydrogens is 412 g/mol. The van der Waals surface area contributed by atoms with E-state index in [0.29, 0.717) is 4.91 Å². The van der Waals surface area contributed by atoms with Gasteiger partial charge in [0, 0.05) is 28.1 Å². The highest BCUT2D eigenvalue weighted by Crippen LogP contribution is 2.34. The number of hydrogen-bond acceptors (Lipinski definition) is 3. The number of nitrogens with zero attached hydrogens (tertiary/aromatic N) is 2. The van der Waals surface area contributed by atoms with Gasteiger partial charge in [0.25, 0.3) is 11.1 Å². The van der Waals surface area contributed by atoms with Crippen molar-refractivity contribution >= 4 is 44.9 Å². The Labute approximate surface area is 165 Å². The van der Waals surface area contributed by atoms with E-state index >= 15 is 0 Å². The van der Waals surface area contributed by atoms with Crippen molar-refractivity contribution in [1.29, 1.82) is 0 Å². The van der Waals surface area contributed by atoms with E-state index < -0.39 is 0 Å². The highest BCUT2D eigenvalue weighted by Gasteiger charge is 2.34. The molecule has 0 aliphatic carbocycles. The number of imide groups is 1. The molecule has 0 N–H and O–H groups in total. The third kappa shape index (κ3) is 3.31. The summed E-state index contributed by atoms with van der Waals surface area (Å²) >= 11 is 4.51. The molecule has 0 radical (unpaired) electrons. The zero-order chi connectivity index (χ0) is 19.0. The standard InChI is InChI=1S/C20H19BrN2O2S/c1-5-8-22-19(24)18(26-20(22)25)11-15-10-13(3)23(14(15)4)16-6-7-17(21)12(2)9-16/h5-7,9-11H,1,8H2,2-4H3/b18-11+. The quantitative estimate of drug-likeness (QED) is 0.482. The molecule has 1 aliphatic heterocycles. The van der Waals surface area contributed by atoms with Crippen molar-refractivity contribution in [2.45, 2.75) is 20.8 Å². The lowest BCUT2D eigenvalue weighted by atomic mass is 10.2. The first-order valence-electron chi connectivity index (χ1n) is 8.15. The molecule has 2 amide bonds. The summed E-state index contributed by atoms with van der Waals surface area (Å²) in [4.78, 5) is 26.1. The lowest BCUT2D eigenvalue weighted by molar-refractivity contribution is -0.122. The molecule has 26 heavy (non-hydrogen) atoms. The molecule has 0 bridgehead atoms. The van der Waals surface area contributed by atoms with Gasteiger partial charge in [0.1, 0.15) is 0 Å². The molecule has 1 aliphatic rings. The fourth-order valence-electron chi connectivity index (χ4n) is 3.03. The predicted octanol–water partition coefficient (Wildman–Crippen LogP) is 5.39. The highest BCUT2D eigenvalue weighted by molar-refractivity contribution is 9.10. The van der Waals surface area contributed by atoms with E-state index in [1.54, 1.807) is 12.2 Å². The zero-order valence-corrected chi connectivity index (χ0v) is 17.3. The van der Waals surface area contributed by atoms with Gasteiger partial charge in [-0.05, 0) is 74.0 Å². The molecule has 0 atom stereocenters. The van der Waals surface area contributed by atoms with E-state index in [0.717, 1.165) is 44.4 Å². The molecular formula is C20H19BrN2O2S. The Kier molecular flexibility index (Phi) is 5.25. The molecule has 1 aromatic heterocycles. The Hall–Kier alpha value is -2.05. The van der Waals surface area contributed by atoms with E-state index in [4.69, 9.17) is 0 Å². The van der Waals surface area contributed by atoms with Gasteiger partial charge in [-0.2, -0.15) is 0 Å². The fourth-order valence-corrected chi connectivity index (χ4v) is 4.11. The Morgan fingerprint density at radius 3 is 2.58 bits per heavy atom. The number of halogens is 1. The van der Waals surface area contributed by atoms with Crippen LogP contribution in [-0.4, -0.2) is 27.2 Å². The average molecular weight is 431 g/mol. The smallest absolute Gasteiger partial charge is 0.293 e. The van der Waals surface area contributed by atoms with Crippen LogP contribution in [0.4, 0.5) is 4.79 Å². The first-order chi connectivity index (χ1) is 12.3. The molecule has 0 spiro atoms. The van der Waals surface area contributed by atoms with Crippen molar-refractivity contribution in [3.63, 3.8) is 0 Å². The first-order valence-corrected chi connectivity index (χ1v) is 9.76. The van der Waals surface area contributed by atoms with Crippen molar-refractivity contribution < 1.29 is 9.59 Å². The summed E-state index contributed by atoms with van der Waals surface area (Å²) in [5.74, 6) is -0.260. The van der Waals surface area contributed by atoms with Crippen LogP contribution in [0.15, 0.2) is 46.3 Å². The van der Waals surface area contributed by atoms with Gasteiger partial charge >= 0.3 is 0 Å². The number of thioether (sulfide) groups is 1. The number of carbonyl (C=O) groups excluding carboxylic acids is 2. The topological polar surface area (TPSA) is 42.3 Å². The predicted molar refractivity (Wildman–Crippen MR) is 111 cm³/mol. The molecule has 2 aromatic rings. The van der Waals surface area contributed by atoms with Crippen LogP contribution >= 0.6 is 27.7 Å². The summed E-state index contributed by atoms with van der Waals surface area (Å²) in [6.45, 7) is 9.94. The molecule has 0 saturated carbocycles. The minimum atomic E-state index is -0.260. The van der Waals surface area contributed by atoms with Crippen LogP contribution in [-0.2, 0) is 4.79 Å². The maximum atomic E-state index is 12.4. The molecule has 4 nitrogen and oxygen atoms in total. The van der Waals surface area contributed by atoms with E-state index in [1.807, 2.05) is 26.0 Å². The van der Waals surface area contributed by atoms with E-state index in [2.05, 4.69) is 46.1 Å². The van der Waals surface area contributed by atoms with E-state index in [-0.39, 0.29) is 17.7 Å². The van der Waals surface area contributed by atoms with Gasteiger partial charge in [-0.3, -0.25) is 14.5 Å². The summed E-state index contributed by atoms with van der Waals surface area (Å²) in [7, 11) is 0. The number of carbonyl (C=O) groups is 2. The maximum absolute atomic E-state index is 12.4. The number of aryl methyl sites for hydroxylation is 2. The van der Waals surface area contributed by atoms with Crippen molar-refractivity contribution in [1.82, 2.24) is 9.47 Å². The second-order valence-electron chi connectivity index (χ2n) is 6.18. The normalized spacial score (nSPS) is 16.0. The lowest BCUT2D eigenvalue weighted by Gasteiger charge is -2.11. The lowest BCUT2D eigenvalue weighted by Crippen LogP contribution is -2.27. The molecule has 1 fully saturated rings. The zero-order valence-electron chi connectivity index (χ0n) is 14.9. The minimum Gasteiger partial charge on any atom is -0.318 e. The van der Waals surface area contributed by atoms with Crippen molar-refractivity contribution in [3.05, 3.63) is 68.8 Å². The largest absolute Gasteiger partial charge is 0.318 e. The second kappa shape index (κ2) is 7.29. The van der Waals surface area contributed by atoms with Gasteiger partial charge in [-0.25, -0.2) is 0 Å². The summed E-state index contributed by atoms with van der Waals surface area (Å²) in [5.41, 5.74) is 5.26. The van der Waals surface area contributed by atoms with Crippen LogP contribution < -0.4 is 0 Å². The summed E-state index contributed by atoms with van der Waals surface area (Å²) in [5, 5.41) is -0.251. The number of rotatable bonds is 4. The third-order valence-corrected chi connectivity index (χ3v) is 6.14. The Bertz CT molecular complexity index is 959. The molecule has 6 heteroatoms. The van der Waals surface area contributed by atoms with Gasteiger partial charge in [-0.15, -0.1) is 6.58 Å². The molecule has 3 rings (SSSR count). The average Bonchev–Trinajstić information content (AvgIpc) is 3.01. The number of benzene rings is 1. The third-order valence-electron chi connectivity index (χ3n) is 4.34. The Morgan fingerprint density at radius 1 is 1.19 bits per heavy atom. The second-order valence-corrected chi connectivity index (χ2v) is 8.02. The summed E-state index contributed by atoms with van der Waals surface area (Å²) < 4.78 is 3.22. The molecule has 2 heterocycles. The van der Waals surface area contributed by atoms with E-state index in [9.17, 15) is 9.59 Å². The molecule has 1 aromatic carbocycles. The van der Waals surface area contributed by atoms with Gasteiger partial charge in [0.15, 0.2) is 0 Å². The summed E-state index contributed by atoms with van der Waals surface area (Å²) in [6.07, 6.45) is 3.36. The van der Waals surface area contributed by atoms with Gasteiger partial charge in [0.2, 0.25) is 0 Å². The number of amides is 2. The van der Waals surface area contributed by atoms with Gasteiger partial charge < -0.3 is 4.57 Å². The monoisotopic (exact) mass is 430 g/mol. The van der Waals surface area contributed by atoms with Crippen molar-refractivity contribution in [3.8, 4) is 5.69 Å². The van der Waals surface area contributed by atoms with Crippen LogP contribution in [0, 0.1) is 20.8 Å². The first kappa shape index (κ1) is 18.7. The Balaban J connectivity index is 2.01. The van der Waals surface area contributed by atoms with E-state index in [1.165, 1.54) is 4.90 Å². The van der Waals surface area contributed by atoms with Crippen LogP contribution in [0.3, 0.4) is 0 Å². The van der Waals surface area contributed by atoms with Crippen LogP contribution in [0.25, 0.3) is 11.8 Å². The van der Waals surface area contributed by atoms with Gasteiger partial charge in [-0.1, -0.05) is 22.0 Å². The van der Waals surface area contributed by atoms with Crippen molar-refractivity contribution in [2.75, 3.05) is 6.54 Å². The Morgan fingerprint density at radius 2 is 1.92 bits per heavy atom. The number of aromatic nitrogens is 1. The highest BCUT2D eigenvalue weighted by atomic mass is 79.9.